The Bertz CT molecular complexity index is 586. The Morgan fingerprint density at radius 2 is 2.00 bits per heavy atom. The number of halogens is 1. The smallest absolute Gasteiger partial charge is 0.340 e. The van der Waals surface area contributed by atoms with E-state index >= 15 is 0 Å². The molecule has 19 heavy (non-hydrogen) atoms. The zero-order valence-corrected chi connectivity index (χ0v) is 11.5. The van der Waals surface area contributed by atoms with Gasteiger partial charge < -0.3 is 5.11 Å². The van der Waals surface area contributed by atoms with E-state index in [0.717, 1.165) is 10.4 Å². The lowest BCUT2D eigenvalue weighted by Crippen LogP contribution is -2.37. The lowest BCUT2D eigenvalue weighted by molar-refractivity contribution is 0.0693. The van der Waals surface area contributed by atoms with E-state index in [1.54, 1.807) is 13.8 Å². The molecule has 1 aromatic carbocycles. The molecule has 0 aromatic heterocycles. The molecule has 0 saturated carbocycles. The summed E-state index contributed by atoms with van der Waals surface area (Å²) in [5.41, 5.74) is -1.01. The molecule has 0 heterocycles. The lowest BCUT2D eigenvalue weighted by Gasteiger charge is -2.22. The van der Waals surface area contributed by atoms with Gasteiger partial charge in [0.15, 0.2) is 0 Å². The maximum absolute atomic E-state index is 13.4. The maximum atomic E-state index is 13.4. The van der Waals surface area contributed by atoms with E-state index in [9.17, 15) is 17.6 Å². The summed E-state index contributed by atoms with van der Waals surface area (Å²) < 4.78 is 40.3. The van der Waals surface area contributed by atoms with Crippen LogP contribution in [0.25, 0.3) is 0 Å². The van der Waals surface area contributed by atoms with Crippen molar-refractivity contribution >= 4 is 21.9 Å². The zero-order chi connectivity index (χ0) is 14.8. The van der Waals surface area contributed by atoms with Crippen molar-refractivity contribution in [2.45, 2.75) is 19.9 Å². The Kier molecular flexibility index (Phi) is 4.48. The Labute approximate surface area is 111 Å². The van der Waals surface area contributed by atoms with Crippen LogP contribution in [0.3, 0.4) is 0 Å². The van der Waals surface area contributed by atoms with Crippen molar-refractivity contribution in [3.05, 3.63) is 29.6 Å². The Hall–Kier alpha value is -1.67. The van der Waals surface area contributed by atoms with Crippen LogP contribution in [-0.4, -0.2) is 36.9 Å². The van der Waals surface area contributed by atoms with Gasteiger partial charge in [-0.3, -0.25) is 4.72 Å². The molecule has 0 amide bonds. The summed E-state index contributed by atoms with van der Waals surface area (Å²) in [6.45, 7) is 3.31. The van der Waals surface area contributed by atoms with Gasteiger partial charge in [-0.1, -0.05) is 6.07 Å². The van der Waals surface area contributed by atoms with Crippen LogP contribution in [0.1, 0.15) is 24.2 Å². The van der Waals surface area contributed by atoms with Crippen molar-refractivity contribution in [3.8, 4) is 0 Å². The van der Waals surface area contributed by atoms with Crippen molar-refractivity contribution in [2.75, 3.05) is 11.8 Å². The lowest BCUT2D eigenvalue weighted by atomic mass is 10.2. The molecule has 0 spiro atoms. The first kappa shape index (κ1) is 15.4. The highest BCUT2D eigenvalue weighted by Gasteiger charge is 2.24. The Balaban J connectivity index is 3.21. The third-order valence-corrected chi connectivity index (χ3v) is 4.23. The van der Waals surface area contributed by atoms with Crippen LogP contribution < -0.4 is 4.72 Å². The van der Waals surface area contributed by atoms with Crippen molar-refractivity contribution in [3.63, 3.8) is 0 Å². The maximum Gasteiger partial charge on any atom is 0.340 e. The summed E-state index contributed by atoms with van der Waals surface area (Å²) in [4.78, 5) is 10.9. The average Bonchev–Trinajstić information content (AvgIpc) is 2.26. The predicted octanol–water partition coefficient (Wildman–Crippen LogP) is 1.52. The van der Waals surface area contributed by atoms with Gasteiger partial charge in [-0.05, 0) is 26.0 Å². The molecular weight excluding hydrogens is 275 g/mol. The summed E-state index contributed by atoms with van der Waals surface area (Å²) in [5, 5.41) is 8.90. The van der Waals surface area contributed by atoms with Crippen LogP contribution in [0, 0.1) is 5.82 Å². The minimum Gasteiger partial charge on any atom is -0.478 e. The second-order valence-electron chi connectivity index (χ2n) is 4.18. The molecule has 0 bridgehead atoms. The molecule has 0 radical (unpaired) electrons. The Morgan fingerprint density at radius 1 is 1.42 bits per heavy atom. The quantitative estimate of drug-likeness (QED) is 0.860. The molecule has 2 N–H and O–H groups in total. The number of anilines is 1. The SMILES string of the molecule is CC(C)N(C)S(=O)(=O)Nc1cccc(F)c1C(=O)O. The molecule has 0 fully saturated rings. The number of carboxylic acid groups (broad SMARTS) is 1. The molecule has 0 aliphatic heterocycles. The number of nitrogens with one attached hydrogen (secondary N) is 1. The van der Waals surface area contributed by atoms with Gasteiger partial charge in [0.2, 0.25) is 0 Å². The highest BCUT2D eigenvalue weighted by molar-refractivity contribution is 7.90. The molecule has 1 rings (SSSR count). The topological polar surface area (TPSA) is 86.7 Å². The van der Waals surface area contributed by atoms with E-state index in [-0.39, 0.29) is 11.7 Å². The number of nitrogens with zero attached hydrogens (tertiary/aromatic N) is 1. The van der Waals surface area contributed by atoms with Gasteiger partial charge in [-0.25, -0.2) is 9.18 Å². The van der Waals surface area contributed by atoms with Crippen molar-refractivity contribution in [1.82, 2.24) is 4.31 Å². The average molecular weight is 290 g/mol. The minimum absolute atomic E-state index is 0.306. The molecule has 1 aromatic rings. The van der Waals surface area contributed by atoms with Crippen LogP contribution >= 0.6 is 0 Å². The van der Waals surface area contributed by atoms with Gasteiger partial charge >= 0.3 is 16.2 Å². The number of rotatable bonds is 5. The first-order valence-corrected chi connectivity index (χ1v) is 6.88. The highest BCUT2D eigenvalue weighted by Crippen LogP contribution is 2.21. The predicted molar refractivity (Wildman–Crippen MR) is 68.8 cm³/mol. The monoisotopic (exact) mass is 290 g/mol. The summed E-state index contributed by atoms with van der Waals surface area (Å²) in [6, 6.07) is 3.06. The van der Waals surface area contributed by atoms with Crippen LogP contribution in [0.4, 0.5) is 10.1 Å². The van der Waals surface area contributed by atoms with Gasteiger partial charge in [0.05, 0.1) is 5.69 Å². The fourth-order valence-corrected chi connectivity index (χ4v) is 2.46. The summed E-state index contributed by atoms with van der Waals surface area (Å²) in [5.74, 6) is -2.54. The number of aromatic carboxylic acids is 1. The van der Waals surface area contributed by atoms with Gasteiger partial charge in [0.25, 0.3) is 0 Å². The molecule has 8 heteroatoms. The fourth-order valence-electron chi connectivity index (χ4n) is 1.32. The molecule has 0 saturated heterocycles. The number of hydrogen-bond acceptors (Lipinski definition) is 3. The van der Waals surface area contributed by atoms with E-state index < -0.39 is 27.6 Å². The summed E-state index contributed by atoms with van der Waals surface area (Å²) in [7, 11) is -2.59. The van der Waals surface area contributed by atoms with Crippen molar-refractivity contribution < 1.29 is 22.7 Å². The van der Waals surface area contributed by atoms with E-state index in [0.29, 0.717) is 0 Å². The number of hydrogen-bond donors (Lipinski definition) is 2. The molecule has 6 nitrogen and oxygen atoms in total. The molecular formula is C11H15FN2O4S. The van der Waals surface area contributed by atoms with Gasteiger partial charge in [0.1, 0.15) is 11.4 Å². The third kappa shape index (κ3) is 3.42. The van der Waals surface area contributed by atoms with E-state index in [4.69, 9.17) is 5.11 Å². The van der Waals surface area contributed by atoms with Crippen molar-refractivity contribution in [2.24, 2.45) is 0 Å². The van der Waals surface area contributed by atoms with E-state index in [1.165, 1.54) is 19.2 Å². The molecule has 0 aliphatic rings. The fraction of sp³-hybridized carbons (Fsp3) is 0.364. The normalized spacial score (nSPS) is 11.9. The molecule has 0 unspecified atom stereocenters. The van der Waals surface area contributed by atoms with Crippen molar-refractivity contribution in [1.29, 1.82) is 0 Å². The first-order valence-electron chi connectivity index (χ1n) is 5.44. The third-order valence-electron chi connectivity index (χ3n) is 2.57. The highest BCUT2D eigenvalue weighted by atomic mass is 32.2. The number of carbonyl (C=O) groups is 1. The van der Waals surface area contributed by atoms with Crippen LogP contribution in [0.5, 0.6) is 0 Å². The summed E-state index contributed by atoms with van der Waals surface area (Å²) in [6.07, 6.45) is 0. The van der Waals surface area contributed by atoms with Gasteiger partial charge in [-0.2, -0.15) is 12.7 Å². The minimum atomic E-state index is -3.93. The standard InChI is InChI=1S/C11H15FN2O4S/c1-7(2)14(3)19(17,18)13-9-6-4-5-8(12)10(9)11(15)16/h4-7,13H,1-3H3,(H,15,16). The second-order valence-corrected chi connectivity index (χ2v) is 5.91. The first-order chi connectivity index (χ1) is 8.66. The molecule has 106 valence electrons. The second kappa shape index (κ2) is 5.54. The largest absolute Gasteiger partial charge is 0.478 e. The molecule has 0 aliphatic carbocycles. The van der Waals surface area contributed by atoms with Gasteiger partial charge in [0, 0.05) is 13.1 Å². The van der Waals surface area contributed by atoms with Crippen LogP contribution in [0.2, 0.25) is 0 Å². The van der Waals surface area contributed by atoms with Gasteiger partial charge in [-0.15, -0.1) is 0 Å². The number of carboxylic acids is 1. The summed E-state index contributed by atoms with van der Waals surface area (Å²) >= 11 is 0. The van der Waals surface area contributed by atoms with E-state index in [1.807, 2.05) is 0 Å². The van der Waals surface area contributed by atoms with Crippen LogP contribution in [0.15, 0.2) is 18.2 Å². The zero-order valence-electron chi connectivity index (χ0n) is 10.7. The number of benzene rings is 1. The molecule has 0 atom stereocenters. The van der Waals surface area contributed by atoms with E-state index in [2.05, 4.69) is 4.72 Å². The van der Waals surface area contributed by atoms with Crippen LogP contribution in [-0.2, 0) is 10.2 Å². The Morgan fingerprint density at radius 3 is 2.47 bits per heavy atom.